The molecule has 9 heteroatoms. The minimum Gasteiger partial charge on any atom is -0.423 e. The second-order valence-electron chi connectivity index (χ2n) is 7.64. The highest BCUT2D eigenvalue weighted by Crippen LogP contribution is 2.35. The molecule has 1 amide bonds. The van der Waals surface area contributed by atoms with E-state index in [9.17, 15) is 4.79 Å². The van der Waals surface area contributed by atoms with Gasteiger partial charge in [-0.1, -0.05) is 59.6 Å². The number of rotatable bonds is 4. The summed E-state index contributed by atoms with van der Waals surface area (Å²) < 4.78 is 5.76. The third-order valence-electron chi connectivity index (χ3n) is 5.29. The number of carbonyl (C=O) groups excluding carboxylic acids is 1. The fraction of sp³-hybridized carbons (Fsp3) is 0.0800. The topological polar surface area (TPSA) is 91.5 Å². The number of carbonyl (C=O) groups is 1. The normalized spacial score (nSPS) is 15.6. The zero-order valence-corrected chi connectivity index (χ0v) is 19.5. The summed E-state index contributed by atoms with van der Waals surface area (Å²) in [6, 6.07) is 21.3. The highest BCUT2D eigenvalue weighted by atomic mass is 35.5. The summed E-state index contributed by atoms with van der Waals surface area (Å²) in [5.74, 6) is 0.0649. The number of nitrogens with one attached hydrogen (secondary N) is 3. The maximum Gasteiger partial charge on any atom is 0.302 e. The molecule has 0 radical (unpaired) electrons. The van der Waals surface area contributed by atoms with Crippen molar-refractivity contribution in [2.45, 2.75) is 13.0 Å². The van der Waals surface area contributed by atoms with Crippen molar-refractivity contribution in [3.63, 3.8) is 0 Å². The van der Waals surface area contributed by atoms with E-state index in [2.05, 4.69) is 20.9 Å². The summed E-state index contributed by atoms with van der Waals surface area (Å²) in [7, 11) is 0. The van der Waals surface area contributed by atoms with E-state index in [-0.39, 0.29) is 11.9 Å². The molecule has 4 aromatic rings. The number of fused-ring (bicyclic) bond motifs is 1. The average Bonchev–Trinajstić information content (AvgIpc) is 3.21. The number of anilines is 2. The van der Waals surface area contributed by atoms with Crippen LogP contribution in [-0.4, -0.2) is 16.9 Å². The molecule has 3 N–H and O–H groups in total. The van der Waals surface area contributed by atoms with Crippen molar-refractivity contribution in [1.82, 2.24) is 10.3 Å². The summed E-state index contributed by atoms with van der Waals surface area (Å²) in [5, 5.41) is 10.1. The Labute approximate surface area is 205 Å². The number of allylic oxidation sites excluding steroid dienone is 1. The first-order valence-electron chi connectivity index (χ1n) is 10.5. The largest absolute Gasteiger partial charge is 0.423 e. The Kier molecular flexibility index (Phi) is 5.96. The second kappa shape index (κ2) is 9.21. The van der Waals surface area contributed by atoms with Crippen LogP contribution in [0, 0.1) is 0 Å². The van der Waals surface area contributed by atoms with Gasteiger partial charge in [0.05, 0.1) is 5.57 Å². The fourth-order valence-corrected chi connectivity index (χ4v) is 4.18. The number of halogens is 2. The first-order chi connectivity index (χ1) is 16.5. The molecule has 5 rings (SSSR count). The van der Waals surface area contributed by atoms with Gasteiger partial charge in [0.2, 0.25) is 5.96 Å². The van der Waals surface area contributed by atoms with E-state index in [4.69, 9.17) is 32.6 Å². The van der Waals surface area contributed by atoms with Crippen molar-refractivity contribution in [3.8, 4) is 0 Å². The molecule has 1 aromatic heterocycles. The standard InChI is InChI=1S/C25H19Cl2N5O2/c1-14-21(23(33)29-16-8-6-7-15(26)13-16)22(17-9-2-3-10-18(17)27)31-24(28-14)32-25-30-19-11-4-5-12-20(19)34-25/h2-13,22H,1H3,(H,29,33)(H2,28,30,31,32). The Morgan fingerprint density at radius 1 is 1.03 bits per heavy atom. The van der Waals surface area contributed by atoms with Crippen LogP contribution >= 0.6 is 23.2 Å². The predicted octanol–water partition coefficient (Wildman–Crippen LogP) is 6.16. The molecule has 1 aliphatic heterocycles. The van der Waals surface area contributed by atoms with Crippen LogP contribution in [0.1, 0.15) is 18.5 Å². The zero-order chi connectivity index (χ0) is 23.7. The van der Waals surface area contributed by atoms with Crippen LogP contribution in [0.5, 0.6) is 0 Å². The van der Waals surface area contributed by atoms with Crippen molar-refractivity contribution in [2.24, 2.45) is 4.99 Å². The van der Waals surface area contributed by atoms with Crippen molar-refractivity contribution in [2.75, 3.05) is 10.6 Å². The number of hydrogen-bond donors (Lipinski definition) is 3. The van der Waals surface area contributed by atoms with Gasteiger partial charge < -0.3 is 15.1 Å². The molecule has 3 aromatic carbocycles. The van der Waals surface area contributed by atoms with E-state index >= 15 is 0 Å². The lowest BCUT2D eigenvalue weighted by Gasteiger charge is -2.27. The molecule has 1 aliphatic rings. The van der Waals surface area contributed by atoms with E-state index in [1.165, 1.54) is 0 Å². The zero-order valence-electron chi connectivity index (χ0n) is 18.0. The first-order valence-corrected chi connectivity index (χ1v) is 11.2. The second-order valence-corrected chi connectivity index (χ2v) is 8.49. The van der Waals surface area contributed by atoms with E-state index in [1.807, 2.05) is 42.5 Å². The van der Waals surface area contributed by atoms with Crippen LogP contribution < -0.4 is 16.0 Å². The molecule has 1 unspecified atom stereocenters. The van der Waals surface area contributed by atoms with Crippen molar-refractivity contribution in [1.29, 1.82) is 0 Å². The Balaban J connectivity index is 1.49. The third kappa shape index (κ3) is 4.48. The van der Waals surface area contributed by atoms with Crippen molar-refractivity contribution < 1.29 is 9.21 Å². The van der Waals surface area contributed by atoms with Gasteiger partial charge in [0.1, 0.15) is 11.6 Å². The van der Waals surface area contributed by atoms with Gasteiger partial charge in [-0.05, 0) is 43.3 Å². The smallest absolute Gasteiger partial charge is 0.302 e. The van der Waals surface area contributed by atoms with E-state index in [0.29, 0.717) is 44.1 Å². The highest BCUT2D eigenvalue weighted by Gasteiger charge is 2.31. The van der Waals surface area contributed by atoms with Gasteiger partial charge in [-0.3, -0.25) is 10.1 Å². The maximum absolute atomic E-state index is 13.4. The van der Waals surface area contributed by atoms with Crippen molar-refractivity contribution in [3.05, 3.63) is 99.7 Å². The Hall–Kier alpha value is -3.81. The molecule has 170 valence electrons. The van der Waals surface area contributed by atoms with Gasteiger partial charge in [-0.25, -0.2) is 4.99 Å². The lowest BCUT2D eigenvalue weighted by atomic mass is 9.95. The number of amides is 1. The minimum atomic E-state index is -0.666. The number of oxazole rings is 1. The summed E-state index contributed by atoms with van der Waals surface area (Å²) in [4.78, 5) is 22.5. The van der Waals surface area contributed by atoms with E-state index in [1.54, 1.807) is 37.3 Å². The van der Waals surface area contributed by atoms with Gasteiger partial charge >= 0.3 is 6.01 Å². The highest BCUT2D eigenvalue weighted by molar-refractivity contribution is 6.31. The van der Waals surface area contributed by atoms with Crippen LogP contribution in [-0.2, 0) is 4.79 Å². The number of nitrogens with zero attached hydrogens (tertiary/aromatic N) is 2. The van der Waals surface area contributed by atoms with Crippen LogP contribution in [0.4, 0.5) is 11.7 Å². The van der Waals surface area contributed by atoms with Crippen LogP contribution in [0.2, 0.25) is 10.0 Å². The number of aliphatic imine (C=N–C) groups is 1. The summed E-state index contributed by atoms with van der Waals surface area (Å²) >= 11 is 12.6. The number of hydrogen-bond acceptors (Lipinski definition) is 6. The quantitative estimate of drug-likeness (QED) is 0.318. The molecule has 0 spiro atoms. The summed E-state index contributed by atoms with van der Waals surface area (Å²) in [6.45, 7) is 1.80. The predicted molar refractivity (Wildman–Crippen MR) is 135 cm³/mol. The van der Waals surface area contributed by atoms with E-state index < -0.39 is 6.04 Å². The van der Waals surface area contributed by atoms with Crippen LogP contribution in [0.25, 0.3) is 11.1 Å². The number of guanidine groups is 1. The molecule has 0 saturated heterocycles. The Bertz CT molecular complexity index is 1430. The molecule has 34 heavy (non-hydrogen) atoms. The SMILES string of the molecule is CC1=C(C(=O)Nc2cccc(Cl)c2)C(c2ccccc2Cl)N=C(Nc2nc3ccccc3o2)N1. The minimum absolute atomic E-state index is 0.282. The molecule has 7 nitrogen and oxygen atoms in total. The Morgan fingerprint density at radius 3 is 2.62 bits per heavy atom. The lowest BCUT2D eigenvalue weighted by molar-refractivity contribution is -0.113. The molecule has 0 saturated carbocycles. The number of para-hydroxylation sites is 2. The Morgan fingerprint density at radius 2 is 1.82 bits per heavy atom. The maximum atomic E-state index is 13.4. The molecule has 0 aliphatic carbocycles. The molecule has 0 fully saturated rings. The van der Waals surface area contributed by atoms with Gasteiger partial charge in [0.15, 0.2) is 5.58 Å². The van der Waals surface area contributed by atoms with Gasteiger partial charge in [0.25, 0.3) is 5.91 Å². The van der Waals surface area contributed by atoms with E-state index in [0.717, 1.165) is 5.52 Å². The summed E-state index contributed by atoms with van der Waals surface area (Å²) in [6.07, 6.45) is 0. The first kappa shape index (κ1) is 22.0. The number of benzene rings is 3. The molecular weight excluding hydrogens is 473 g/mol. The molecule has 1 atom stereocenters. The fourth-order valence-electron chi connectivity index (χ4n) is 3.75. The number of aromatic nitrogens is 1. The van der Waals surface area contributed by atoms with Gasteiger partial charge in [-0.2, -0.15) is 4.98 Å². The molecule has 0 bridgehead atoms. The average molecular weight is 492 g/mol. The van der Waals surface area contributed by atoms with Crippen LogP contribution in [0.15, 0.2) is 93.5 Å². The molecular formula is C25H19Cl2N5O2. The van der Waals surface area contributed by atoms with Crippen LogP contribution in [0.3, 0.4) is 0 Å². The van der Waals surface area contributed by atoms with Gasteiger partial charge in [0, 0.05) is 27.0 Å². The lowest BCUT2D eigenvalue weighted by Crippen LogP contribution is -2.37. The summed E-state index contributed by atoms with van der Waals surface area (Å²) in [5.41, 5.74) is 3.68. The third-order valence-corrected chi connectivity index (χ3v) is 5.87. The van der Waals surface area contributed by atoms with Crippen molar-refractivity contribution >= 4 is 57.9 Å². The van der Waals surface area contributed by atoms with Gasteiger partial charge in [-0.15, -0.1) is 0 Å². The molecule has 2 heterocycles. The monoisotopic (exact) mass is 491 g/mol.